The molecule has 84 valence electrons. The molecule has 0 saturated heterocycles. The van der Waals surface area contributed by atoms with Gasteiger partial charge in [0.25, 0.3) is 0 Å². The summed E-state index contributed by atoms with van der Waals surface area (Å²) >= 11 is 0. The lowest BCUT2D eigenvalue weighted by molar-refractivity contribution is -0.107. The van der Waals surface area contributed by atoms with Gasteiger partial charge in [0.2, 0.25) is 0 Å². The molecule has 0 radical (unpaired) electrons. The molecule has 0 unspecified atom stereocenters. The van der Waals surface area contributed by atoms with E-state index in [0.29, 0.717) is 29.4 Å². The van der Waals surface area contributed by atoms with Gasteiger partial charge in [0.05, 0.1) is 0 Å². The van der Waals surface area contributed by atoms with Crippen LogP contribution in [0.5, 0.6) is 23.0 Å². The molecule has 0 bridgehead atoms. The zero-order valence-corrected chi connectivity index (χ0v) is 9.05. The van der Waals surface area contributed by atoms with Crippen LogP contribution in [0.25, 0.3) is 0 Å². The van der Waals surface area contributed by atoms with Crippen LogP contribution in [-0.2, 0) is 11.2 Å². The Labute approximate surface area is 98.6 Å². The second-order valence-electron chi connectivity index (χ2n) is 3.77. The van der Waals surface area contributed by atoms with Crippen molar-refractivity contribution in [3.05, 3.63) is 48.0 Å². The number of aldehydes is 1. The smallest absolute Gasteiger partial charge is 0.173 e. The van der Waals surface area contributed by atoms with Gasteiger partial charge in [0.1, 0.15) is 6.29 Å². The number of rotatable bonds is 2. The van der Waals surface area contributed by atoms with Crippen molar-refractivity contribution in [2.45, 2.75) is 6.42 Å². The summed E-state index contributed by atoms with van der Waals surface area (Å²) in [4.78, 5) is 10.6. The third kappa shape index (κ3) is 1.65. The maximum Gasteiger partial charge on any atom is 0.173 e. The Balaban J connectivity index is 2.08. The first-order valence-corrected chi connectivity index (χ1v) is 5.39. The van der Waals surface area contributed by atoms with E-state index in [1.54, 1.807) is 0 Å². The fourth-order valence-corrected chi connectivity index (χ4v) is 1.86. The van der Waals surface area contributed by atoms with Crippen LogP contribution >= 0.6 is 0 Å². The molecule has 3 rings (SSSR count). The molecule has 0 fully saturated rings. The molecule has 0 aliphatic carbocycles. The van der Waals surface area contributed by atoms with E-state index in [1.807, 2.05) is 42.5 Å². The van der Waals surface area contributed by atoms with E-state index in [2.05, 4.69) is 0 Å². The van der Waals surface area contributed by atoms with Gasteiger partial charge in [-0.1, -0.05) is 24.3 Å². The number of para-hydroxylation sites is 3. The number of benzene rings is 2. The minimum Gasteiger partial charge on any atom is -0.450 e. The van der Waals surface area contributed by atoms with Gasteiger partial charge in [-0.3, -0.25) is 0 Å². The molecule has 2 aromatic carbocycles. The maximum absolute atomic E-state index is 10.6. The van der Waals surface area contributed by atoms with Gasteiger partial charge in [-0.05, 0) is 18.2 Å². The van der Waals surface area contributed by atoms with E-state index < -0.39 is 0 Å². The van der Waals surface area contributed by atoms with Crippen molar-refractivity contribution in [1.82, 2.24) is 0 Å². The maximum atomic E-state index is 10.6. The number of hydrogen-bond acceptors (Lipinski definition) is 3. The number of fused-ring (bicyclic) bond motifs is 2. The topological polar surface area (TPSA) is 35.5 Å². The molecule has 0 atom stereocenters. The number of carbonyl (C=O) groups is 1. The molecule has 0 saturated carbocycles. The highest BCUT2D eigenvalue weighted by Gasteiger charge is 2.20. The van der Waals surface area contributed by atoms with Crippen molar-refractivity contribution in [3.8, 4) is 23.0 Å². The average molecular weight is 226 g/mol. The predicted molar refractivity (Wildman–Crippen MR) is 62.8 cm³/mol. The Morgan fingerprint density at radius 2 is 1.59 bits per heavy atom. The molecule has 3 nitrogen and oxygen atoms in total. The standard InChI is InChI=1S/C14H10O3/c15-9-8-10-4-3-7-13-14(10)17-12-6-2-1-5-11(12)16-13/h1-7,9H,8H2. The van der Waals surface area contributed by atoms with Crippen LogP contribution in [0.4, 0.5) is 0 Å². The Morgan fingerprint density at radius 3 is 2.35 bits per heavy atom. The monoisotopic (exact) mass is 226 g/mol. The highest BCUT2D eigenvalue weighted by Crippen LogP contribution is 2.46. The molecular formula is C14H10O3. The molecule has 2 aromatic rings. The molecule has 1 aliphatic heterocycles. The molecule has 0 N–H and O–H groups in total. The largest absolute Gasteiger partial charge is 0.450 e. The highest BCUT2D eigenvalue weighted by molar-refractivity contribution is 5.63. The van der Waals surface area contributed by atoms with Crippen LogP contribution in [0, 0.1) is 0 Å². The highest BCUT2D eigenvalue weighted by atomic mass is 16.6. The summed E-state index contributed by atoms with van der Waals surface area (Å²) in [7, 11) is 0. The molecule has 0 amide bonds. The second-order valence-corrected chi connectivity index (χ2v) is 3.77. The van der Waals surface area contributed by atoms with Crippen molar-refractivity contribution >= 4 is 6.29 Å². The molecule has 0 spiro atoms. The minimum atomic E-state index is 0.328. The van der Waals surface area contributed by atoms with E-state index >= 15 is 0 Å². The number of ether oxygens (including phenoxy) is 2. The number of carbonyl (C=O) groups excluding carboxylic acids is 1. The van der Waals surface area contributed by atoms with Gasteiger partial charge in [0, 0.05) is 12.0 Å². The molecule has 17 heavy (non-hydrogen) atoms. The van der Waals surface area contributed by atoms with E-state index in [-0.39, 0.29) is 0 Å². The Hall–Kier alpha value is -2.29. The normalized spacial score (nSPS) is 11.8. The molecule has 0 aromatic heterocycles. The molecule has 1 aliphatic rings. The summed E-state index contributed by atoms with van der Waals surface area (Å²) in [6, 6.07) is 13.0. The lowest BCUT2D eigenvalue weighted by atomic mass is 10.1. The fourth-order valence-electron chi connectivity index (χ4n) is 1.86. The van der Waals surface area contributed by atoms with Crippen LogP contribution in [0.1, 0.15) is 5.56 Å². The summed E-state index contributed by atoms with van der Waals surface area (Å²) in [5.74, 6) is 2.67. The first-order chi connectivity index (χ1) is 8.38. The molecular weight excluding hydrogens is 216 g/mol. The van der Waals surface area contributed by atoms with Gasteiger partial charge >= 0.3 is 0 Å². The summed E-state index contributed by atoms with van der Waals surface area (Å²) in [5.41, 5.74) is 0.840. The first kappa shape index (κ1) is 9.90. The van der Waals surface area contributed by atoms with Gasteiger partial charge in [-0.15, -0.1) is 0 Å². The van der Waals surface area contributed by atoms with Gasteiger partial charge in [-0.25, -0.2) is 0 Å². The van der Waals surface area contributed by atoms with E-state index in [0.717, 1.165) is 11.8 Å². The second kappa shape index (κ2) is 3.94. The number of hydrogen-bond donors (Lipinski definition) is 0. The van der Waals surface area contributed by atoms with Crippen LogP contribution in [0.3, 0.4) is 0 Å². The third-order valence-electron chi connectivity index (χ3n) is 2.64. The summed E-state index contributed by atoms with van der Waals surface area (Å²) in [6.45, 7) is 0. The van der Waals surface area contributed by atoms with Crippen LogP contribution in [0.15, 0.2) is 42.5 Å². The van der Waals surface area contributed by atoms with Crippen molar-refractivity contribution in [3.63, 3.8) is 0 Å². The van der Waals surface area contributed by atoms with E-state index in [1.165, 1.54) is 0 Å². The van der Waals surface area contributed by atoms with Crippen molar-refractivity contribution in [2.24, 2.45) is 0 Å². The van der Waals surface area contributed by atoms with E-state index in [4.69, 9.17) is 9.47 Å². The zero-order valence-electron chi connectivity index (χ0n) is 9.05. The zero-order chi connectivity index (χ0) is 11.7. The lowest BCUT2D eigenvalue weighted by Crippen LogP contribution is -2.02. The minimum absolute atomic E-state index is 0.328. The quantitative estimate of drug-likeness (QED) is 0.629. The molecule has 1 heterocycles. The average Bonchev–Trinajstić information content (AvgIpc) is 2.37. The summed E-state index contributed by atoms with van der Waals surface area (Å²) in [6.07, 6.45) is 1.19. The summed E-state index contributed by atoms with van der Waals surface area (Å²) in [5, 5.41) is 0. The SMILES string of the molecule is O=CCc1cccc2c1Oc1ccccc1O2. The Bertz CT molecular complexity index is 575. The molecule has 3 heteroatoms. The van der Waals surface area contributed by atoms with Crippen molar-refractivity contribution in [2.75, 3.05) is 0 Å². The van der Waals surface area contributed by atoms with Crippen LogP contribution in [0.2, 0.25) is 0 Å². The first-order valence-electron chi connectivity index (χ1n) is 5.39. The lowest BCUT2D eigenvalue weighted by Gasteiger charge is -2.21. The van der Waals surface area contributed by atoms with E-state index in [9.17, 15) is 4.79 Å². The van der Waals surface area contributed by atoms with Gasteiger partial charge in [0.15, 0.2) is 23.0 Å². The van der Waals surface area contributed by atoms with Crippen molar-refractivity contribution < 1.29 is 14.3 Å². The fraction of sp³-hybridized carbons (Fsp3) is 0.0714. The summed E-state index contributed by atoms with van der Waals surface area (Å²) < 4.78 is 11.5. The Kier molecular flexibility index (Phi) is 2.29. The van der Waals surface area contributed by atoms with Gasteiger partial charge in [-0.2, -0.15) is 0 Å². The van der Waals surface area contributed by atoms with Crippen LogP contribution in [-0.4, -0.2) is 6.29 Å². The third-order valence-corrected chi connectivity index (χ3v) is 2.64. The van der Waals surface area contributed by atoms with Crippen LogP contribution < -0.4 is 9.47 Å². The predicted octanol–water partition coefficient (Wildman–Crippen LogP) is 3.33. The van der Waals surface area contributed by atoms with Crippen molar-refractivity contribution in [1.29, 1.82) is 0 Å². The van der Waals surface area contributed by atoms with Gasteiger partial charge < -0.3 is 14.3 Å². The Morgan fingerprint density at radius 1 is 0.882 bits per heavy atom.